The molecule has 4 nitrogen and oxygen atoms in total. The molecule has 0 radical (unpaired) electrons. The topological polar surface area (TPSA) is 61.2 Å². The van der Waals surface area contributed by atoms with Crippen molar-refractivity contribution in [2.75, 3.05) is 12.3 Å². The van der Waals surface area contributed by atoms with Crippen molar-refractivity contribution in [2.24, 2.45) is 5.92 Å². The molecule has 1 aliphatic heterocycles. The highest BCUT2D eigenvalue weighted by Gasteiger charge is 2.48. The second-order valence-electron chi connectivity index (χ2n) is 3.73. The van der Waals surface area contributed by atoms with E-state index in [2.05, 4.69) is 0 Å². The molecule has 1 saturated carbocycles. The van der Waals surface area contributed by atoms with Crippen LogP contribution in [0.5, 0.6) is 0 Å². The molecule has 0 aromatic carbocycles. The van der Waals surface area contributed by atoms with E-state index in [9.17, 15) is 8.42 Å². The molecule has 2 rings (SSSR count). The zero-order valence-electron chi connectivity index (χ0n) is 7.31. The predicted molar refractivity (Wildman–Crippen MR) is 47.2 cm³/mol. The van der Waals surface area contributed by atoms with Crippen LogP contribution in [0.1, 0.15) is 19.3 Å². The molecule has 2 fully saturated rings. The van der Waals surface area contributed by atoms with Crippen molar-refractivity contribution in [1.82, 2.24) is 4.31 Å². The van der Waals surface area contributed by atoms with Crippen LogP contribution in [0.25, 0.3) is 0 Å². The van der Waals surface area contributed by atoms with Crippen molar-refractivity contribution >= 4 is 10.0 Å². The first-order valence-electron chi connectivity index (χ1n) is 4.51. The van der Waals surface area contributed by atoms with Gasteiger partial charge in [-0.05, 0) is 25.2 Å². The molecule has 0 N–H and O–H groups in total. The minimum atomic E-state index is -3.27. The van der Waals surface area contributed by atoms with Crippen molar-refractivity contribution in [1.29, 1.82) is 5.26 Å². The minimum Gasteiger partial charge on any atom is -0.211 e. The largest absolute Gasteiger partial charge is 0.227 e. The highest BCUT2D eigenvalue weighted by molar-refractivity contribution is 7.89. The first-order valence-corrected chi connectivity index (χ1v) is 6.12. The van der Waals surface area contributed by atoms with Crippen LogP contribution in [0.15, 0.2) is 0 Å². The third kappa shape index (κ3) is 1.56. The lowest BCUT2D eigenvalue weighted by Crippen LogP contribution is -2.38. The molecule has 1 saturated heterocycles. The maximum absolute atomic E-state index is 11.5. The molecule has 5 heteroatoms. The molecule has 2 atom stereocenters. The summed E-state index contributed by atoms with van der Waals surface area (Å²) in [5.41, 5.74) is 0. The van der Waals surface area contributed by atoms with Gasteiger partial charge < -0.3 is 0 Å². The molecule has 72 valence electrons. The number of nitrogens with zero attached hydrogens (tertiary/aromatic N) is 2. The van der Waals surface area contributed by atoms with Gasteiger partial charge in [0, 0.05) is 12.6 Å². The van der Waals surface area contributed by atoms with E-state index in [1.807, 2.05) is 0 Å². The second-order valence-corrected chi connectivity index (χ2v) is 5.65. The molecule has 0 aromatic heterocycles. The maximum atomic E-state index is 11.5. The predicted octanol–water partition coefficient (Wildman–Crippen LogP) is 0.324. The number of hydrogen-bond donors (Lipinski definition) is 0. The molecular weight excluding hydrogens is 188 g/mol. The van der Waals surface area contributed by atoms with Crippen LogP contribution in [0, 0.1) is 17.2 Å². The average molecular weight is 200 g/mol. The summed E-state index contributed by atoms with van der Waals surface area (Å²) in [5.74, 6) is 0.221. The van der Waals surface area contributed by atoms with Crippen molar-refractivity contribution in [2.45, 2.75) is 25.3 Å². The Kier molecular flexibility index (Phi) is 2.05. The fourth-order valence-electron chi connectivity index (χ4n) is 2.08. The Labute approximate surface area is 78.2 Å². The first kappa shape index (κ1) is 8.97. The Hall–Kier alpha value is -0.600. The van der Waals surface area contributed by atoms with Gasteiger partial charge in [0.05, 0.1) is 6.07 Å². The standard InChI is InChI=1S/C8H12N2O2S/c9-3-5-13(11,12)10-4-1-2-7-6-8(7)10/h7-8H,1-2,4-6H2/t7-,8+/m1/s1. The van der Waals surface area contributed by atoms with E-state index in [-0.39, 0.29) is 11.8 Å². The summed E-state index contributed by atoms with van der Waals surface area (Å²) in [7, 11) is -3.27. The Bertz CT molecular complexity index is 344. The highest BCUT2D eigenvalue weighted by Crippen LogP contribution is 2.44. The number of fused-ring (bicyclic) bond motifs is 1. The number of piperidine rings is 1. The van der Waals surface area contributed by atoms with Gasteiger partial charge >= 0.3 is 0 Å². The van der Waals surface area contributed by atoms with Gasteiger partial charge in [0.15, 0.2) is 5.75 Å². The third-order valence-corrected chi connectivity index (χ3v) is 4.47. The van der Waals surface area contributed by atoms with E-state index in [1.54, 1.807) is 6.07 Å². The quantitative estimate of drug-likeness (QED) is 0.645. The summed E-state index contributed by atoms with van der Waals surface area (Å²) < 4.78 is 24.6. The number of nitriles is 1. The van der Waals surface area contributed by atoms with E-state index >= 15 is 0 Å². The number of sulfonamides is 1. The summed E-state index contributed by atoms with van der Waals surface area (Å²) in [6, 6.07) is 1.94. The molecule has 0 bridgehead atoms. The molecule has 0 spiro atoms. The van der Waals surface area contributed by atoms with Crippen LogP contribution in [0.2, 0.25) is 0 Å². The highest BCUT2D eigenvalue weighted by atomic mass is 32.2. The third-order valence-electron chi connectivity index (χ3n) is 2.81. The van der Waals surface area contributed by atoms with E-state index in [4.69, 9.17) is 5.26 Å². The van der Waals surface area contributed by atoms with Crippen molar-refractivity contribution in [3.05, 3.63) is 0 Å². The Morgan fingerprint density at radius 3 is 3.00 bits per heavy atom. The lowest BCUT2D eigenvalue weighted by atomic mass is 10.2. The van der Waals surface area contributed by atoms with Crippen LogP contribution in [-0.4, -0.2) is 31.1 Å². The lowest BCUT2D eigenvalue weighted by Gasteiger charge is -2.24. The van der Waals surface area contributed by atoms with Gasteiger partial charge in [-0.15, -0.1) is 0 Å². The Balaban J connectivity index is 2.12. The molecular formula is C8H12N2O2S. The molecule has 2 aliphatic rings. The monoisotopic (exact) mass is 200 g/mol. The van der Waals surface area contributed by atoms with Crippen LogP contribution in [0.3, 0.4) is 0 Å². The summed E-state index contributed by atoms with van der Waals surface area (Å²) in [6.07, 6.45) is 3.11. The molecule has 1 heterocycles. The summed E-state index contributed by atoms with van der Waals surface area (Å²) >= 11 is 0. The Morgan fingerprint density at radius 1 is 1.54 bits per heavy atom. The van der Waals surface area contributed by atoms with Crippen molar-refractivity contribution < 1.29 is 8.42 Å². The van der Waals surface area contributed by atoms with Gasteiger partial charge in [-0.3, -0.25) is 0 Å². The van der Waals surface area contributed by atoms with E-state index in [1.165, 1.54) is 4.31 Å². The van der Waals surface area contributed by atoms with Crippen molar-refractivity contribution in [3.63, 3.8) is 0 Å². The van der Waals surface area contributed by atoms with Gasteiger partial charge in [0.1, 0.15) is 0 Å². The molecule has 1 aliphatic carbocycles. The molecule has 0 amide bonds. The molecule has 13 heavy (non-hydrogen) atoms. The van der Waals surface area contributed by atoms with Gasteiger partial charge in [-0.2, -0.15) is 9.57 Å². The SMILES string of the molecule is N#CCS(=O)(=O)N1CCC[C@@H]2C[C@@H]21. The van der Waals surface area contributed by atoms with E-state index < -0.39 is 10.0 Å². The maximum Gasteiger partial charge on any atom is 0.227 e. The average Bonchev–Trinajstić information content (AvgIpc) is 2.80. The first-order chi connectivity index (χ1) is 6.15. The zero-order valence-corrected chi connectivity index (χ0v) is 8.13. The minimum absolute atomic E-state index is 0.229. The Morgan fingerprint density at radius 2 is 2.31 bits per heavy atom. The summed E-state index contributed by atoms with van der Waals surface area (Å²) in [4.78, 5) is 0. The fourth-order valence-corrected chi connectivity index (χ4v) is 3.49. The van der Waals surface area contributed by atoms with Crippen LogP contribution < -0.4 is 0 Å². The number of hydrogen-bond acceptors (Lipinski definition) is 3. The van der Waals surface area contributed by atoms with Crippen LogP contribution >= 0.6 is 0 Å². The van der Waals surface area contributed by atoms with E-state index in [0.29, 0.717) is 12.5 Å². The lowest BCUT2D eigenvalue weighted by molar-refractivity contribution is 0.336. The molecule has 0 unspecified atom stereocenters. The van der Waals surface area contributed by atoms with Crippen molar-refractivity contribution in [3.8, 4) is 6.07 Å². The summed E-state index contributed by atoms with van der Waals surface area (Å²) in [6.45, 7) is 0.616. The summed E-state index contributed by atoms with van der Waals surface area (Å²) in [5, 5.41) is 8.38. The second kappa shape index (κ2) is 2.96. The fraction of sp³-hybridized carbons (Fsp3) is 0.875. The molecule has 0 aromatic rings. The van der Waals surface area contributed by atoms with Crippen LogP contribution in [-0.2, 0) is 10.0 Å². The normalized spacial score (nSPS) is 33.5. The van der Waals surface area contributed by atoms with E-state index in [0.717, 1.165) is 19.3 Å². The smallest absolute Gasteiger partial charge is 0.211 e. The van der Waals surface area contributed by atoms with Crippen LogP contribution in [0.4, 0.5) is 0 Å². The van der Waals surface area contributed by atoms with Gasteiger partial charge in [0.25, 0.3) is 0 Å². The van der Waals surface area contributed by atoms with Gasteiger partial charge in [-0.25, -0.2) is 8.42 Å². The number of rotatable bonds is 2. The van der Waals surface area contributed by atoms with Gasteiger partial charge in [0.2, 0.25) is 10.0 Å². The zero-order chi connectivity index (χ0) is 9.47. The van der Waals surface area contributed by atoms with Gasteiger partial charge in [-0.1, -0.05) is 0 Å².